The molecule has 17 heteroatoms. The molecule has 4 fully saturated rings. The minimum Gasteiger partial charge on any atom is -0.462 e. The number of rotatable bonds is 13. The van der Waals surface area contributed by atoms with E-state index in [4.69, 9.17) is 56.5 Å². The second kappa shape index (κ2) is 26.2. The molecule has 2 aromatic carbocycles. The van der Waals surface area contributed by atoms with E-state index in [0.29, 0.717) is 37.7 Å². The average Bonchev–Trinajstić information content (AvgIpc) is 1.55. The highest BCUT2D eigenvalue weighted by Gasteiger charge is 2.62. The molecule has 2 aromatic rings. The minimum atomic E-state index is -2.40. The summed E-state index contributed by atoms with van der Waals surface area (Å²) in [6, 6.07) is 16.0. The Balaban J connectivity index is 0.859. The molecule has 10 rings (SSSR count). The zero-order chi connectivity index (χ0) is 61.6. The quantitative estimate of drug-likeness (QED) is 0.110. The van der Waals surface area contributed by atoms with Gasteiger partial charge in [-0.1, -0.05) is 140 Å². The lowest BCUT2D eigenvalue weighted by Crippen LogP contribution is -2.60. The molecule has 2 aliphatic carbocycles. The summed E-state index contributed by atoms with van der Waals surface area (Å²) in [6.45, 7) is 27.8. The number of hydrogen-bond donors (Lipinski definition) is 2. The number of carbonyl (C=O) groups excluding carboxylic acids is 2. The average molecular weight is 1210 g/mol. The van der Waals surface area contributed by atoms with Crippen LogP contribution in [0.3, 0.4) is 0 Å². The Kier molecular flexibility index (Phi) is 19.7. The molecule has 4 saturated heterocycles. The molecule has 6 aliphatic heterocycles. The van der Waals surface area contributed by atoms with Crippen LogP contribution < -0.4 is 5.32 Å². The van der Waals surface area contributed by atoms with E-state index in [1.807, 2.05) is 69.3 Å². The number of nitrogens with one attached hydrogen (secondary N) is 1. The summed E-state index contributed by atoms with van der Waals surface area (Å²) in [5.74, 6) is -2.59. The molecule has 20 atom stereocenters. The van der Waals surface area contributed by atoms with Gasteiger partial charge in [-0.25, -0.2) is 4.79 Å². The molecule has 1 unspecified atom stereocenters. The molecular formula is C69H97NO15Si. The SMILES string of the molecule is CCC(C)[C@H]1O[C@]2(C=C[C@@H]1C)C[C@@H]1C[C@@H](C/C=C(\C)[C@@H](O[C@H]3C[C@H](OC)[C@@H](O[C@H]4C[C@H](OC)[C@@H](NC(=O)OCC5c6ccccc6-c6ccccc65)[C@H](C)O4)[C@H](C)O3)[C@@H](C)/C=C/C=C3\CO[C@@H]4[C@H](O[Si](C)(C)C(C)(C)C)C(C)=C[C@@H](C(=O)O1)[C@]34O)O2. The number of carbonyl (C=O) groups is 2. The molecule has 16 nitrogen and oxygen atoms in total. The second-order valence-electron chi connectivity index (χ2n) is 27.3. The smallest absolute Gasteiger partial charge is 0.407 e. The summed E-state index contributed by atoms with van der Waals surface area (Å²) in [5, 5.41) is 16.3. The zero-order valence-corrected chi connectivity index (χ0v) is 54.4. The van der Waals surface area contributed by atoms with E-state index in [2.05, 4.69) is 116 Å². The van der Waals surface area contributed by atoms with Gasteiger partial charge in [-0.05, 0) is 103 Å². The van der Waals surface area contributed by atoms with Crippen LogP contribution in [-0.2, 0) is 61.3 Å². The van der Waals surface area contributed by atoms with Crippen LogP contribution in [0.5, 0.6) is 0 Å². The summed E-state index contributed by atoms with van der Waals surface area (Å²) >= 11 is 0. The molecule has 6 heterocycles. The highest BCUT2D eigenvalue weighted by atomic mass is 28.4. The van der Waals surface area contributed by atoms with Crippen molar-refractivity contribution in [3.63, 3.8) is 0 Å². The van der Waals surface area contributed by atoms with Gasteiger partial charge in [0.25, 0.3) is 0 Å². The third kappa shape index (κ3) is 13.1. The highest BCUT2D eigenvalue weighted by molar-refractivity contribution is 6.74. The molecule has 1 spiro atoms. The minimum absolute atomic E-state index is 0.0718. The first-order valence-corrected chi connectivity index (χ1v) is 34.6. The molecular weight excluding hydrogens is 1110 g/mol. The Morgan fingerprint density at radius 3 is 2.17 bits per heavy atom. The molecule has 8 aliphatic rings. The summed E-state index contributed by atoms with van der Waals surface area (Å²) in [6.07, 6.45) is 9.60. The number of amides is 1. The zero-order valence-electron chi connectivity index (χ0n) is 53.4. The highest BCUT2D eigenvalue weighted by Crippen LogP contribution is 2.51. The van der Waals surface area contributed by atoms with Crippen LogP contribution in [-0.4, -0.2) is 150 Å². The van der Waals surface area contributed by atoms with E-state index >= 15 is 0 Å². The van der Waals surface area contributed by atoms with Crippen LogP contribution in [0.2, 0.25) is 18.1 Å². The predicted molar refractivity (Wildman–Crippen MR) is 329 cm³/mol. The summed E-state index contributed by atoms with van der Waals surface area (Å²) in [7, 11) is 0.890. The van der Waals surface area contributed by atoms with Crippen molar-refractivity contribution in [1.82, 2.24) is 5.32 Å². The number of fused-ring (bicyclic) bond motifs is 5. The van der Waals surface area contributed by atoms with Gasteiger partial charge in [0.1, 0.15) is 36.4 Å². The first-order valence-electron chi connectivity index (χ1n) is 31.7. The van der Waals surface area contributed by atoms with Crippen molar-refractivity contribution in [1.29, 1.82) is 0 Å². The van der Waals surface area contributed by atoms with Crippen LogP contribution >= 0.6 is 0 Å². The van der Waals surface area contributed by atoms with Gasteiger partial charge in [0.2, 0.25) is 0 Å². The number of aliphatic hydroxyl groups is 1. The number of ether oxygens (including phenoxy) is 11. The van der Waals surface area contributed by atoms with E-state index in [1.165, 1.54) is 0 Å². The van der Waals surface area contributed by atoms with Crippen LogP contribution in [0.15, 0.2) is 108 Å². The Morgan fingerprint density at radius 2 is 1.50 bits per heavy atom. The lowest BCUT2D eigenvalue weighted by atomic mass is 9.71. The molecule has 0 radical (unpaired) electrons. The fraction of sp³-hybridized carbons (Fsp3) is 0.652. The molecule has 1 amide bonds. The summed E-state index contributed by atoms with van der Waals surface area (Å²) in [4.78, 5) is 28.5. The third-order valence-corrected chi connectivity index (χ3v) is 24.8. The van der Waals surface area contributed by atoms with Crippen molar-refractivity contribution in [3.8, 4) is 11.1 Å². The number of allylic oxidation sites excluding steroid dienone is 2. The maximum atomic E-state index is 15.0. The third-order valence-electron chi connectivity index (χ3n) is 20.4. The second-order valence-corrected chi connectivity index (χ2v) is 32.1. The largest absolute Gasteiger partial charge is 0.462 e. The molecule has 86 heavy (non-hydrogen) atoms. The van der Waals surface area contributed by atoms with E-state index in [1.54, 1.807) is 14.2 Å². The fourth-order valence-corrected chi connectivity index (χ4v) is 15.5. The Labute approximate surface area is 511 Å². The molecule has 472 valence electrons. The number of alkyl carbamates (subject to hydrolysis) is 1. The summed E-state index contributed by atoms with van der Waals surface area (Å²) in [5.41, 5.74) is 5.20. The number of methoxy groups -OCH3 is 2. The lowest BCUT2D eigenvalue weighted by Gasteiger charge is -2.49. The van der Waals surface area contributed by atoms with Gasteiger partial charge in [0, 0.05) is 57.7 Å². The fourth-order valence-electron chi connectivity index (χ4n) is 14.2. The molecule has 0 saturated carbocycles. The number of benzene rings is 2. The maximum Gasteiger partial charge on any atom is 0.407 e. The van der Waals surface area contributed by atoms with E-state index in [9.17, 15) is 14.7 Å². The van der Waals surface area contributed by atoms with Crippen molar-refractivity contribution < 1.29 is 71.2 Å². The van der Waals surface area contributed by atoms with Gasteiger partial charge in [-0.3, -0.25) is 4.79 Å². The first kappa shape index (κ1) is 64.6. The van der Waals surface area contributed by atoms with Gasteiger partial charge < -0.3 is 67.0 Å². The standard InChI is InChI=1S/C69H97NO15Si/c1-16-39(2)61-42(5)30-31-68(84-61)36-48-33-47(83-68)29-28-41(4)60(40(3)22-21-23-46-37-76-64-62(85-86(14,15)67(9,10)11)43(6)32-54(65(71)80-48)69(46,64)73)81-58-35-56(75-13)63(45(8)79-58)82-57-34-55(74-12)59(44(7)78-57)70-66(72)77-38-53-51-26-19-17-24-49(51)50-25-18-20-27-52(50)53/h17-28,30-32,39-40,42,44-45,47-48,53-64,73H,16,29,33-38H2,1-15H3,(H,70,72)/b22-21+,41-28+,46-23+/t39?,40-,42-,44-,45-,47+,48-,54-,55-,56-,57-,58-,59-,60-,61+,62+,63-,64+,68+,69+/m0/s1. The van der Waals surface area contributed by atoms with Crippen LogP contribution in [0.25, 0.3) is 11.1 Å². The maximum absolute atomic E-state index is 15.0. The number of hydrogen-bond acceptors (Lipinski definition) is 15. The van der Waals surface area contributed by atoms with E-state index in [-0.39, 0.29) is 48.0 Å². The van der Waals surface area contributed by atoms with Crippen molar-refractivity contribution in [2.75, 3.05) is 27.4 Å². The van der Waals surface area contributed by atoms with Crippen molar-refractivity contribution in [3.05, 3.63) is 119 Å². The van der Waals surface area contributed by atoms with E-state index < -0.39 is 117 Å². The van der Waals surface area contributed by atoms with Gasteiger partial charge in [0.05, 0.1) is 61.5 Å². The number of esters is 1. The normalized spacial score (nSPS) is 39.6. The van der Waals surface area contributed by atoms with Gasteiger partial charge in [-0.15, -0.1) is 0 Å². The topological polar surface area (TPSA) is 177 Å². The predicted octanol–water partition coefficient (Wildman–Crippen LogP) is 12.0. The molecule has 0 aromatic heterocycles. The van der Waals surface area contributed by atoms with E-state index in [0.717, 1.165) is 39.8 Å². The lowest BCUT2D eigenvalue weighted by molar-refractivity contribution is -0.311. The van der Waals surface area contributed by atoms with Gasteiger partial charge in [-0.2, -0.15) is 0 Å². The van der Waals surface area contributed by atoms with Crippen molar-refractivity contribution >= 4 is 20.4 Å². The Hall–Kier alpha value is -4.34. The van der Waals surface area contributed by atoms with Gasteiger partial charge in [0.15, 0.2) is 26.7 Å². The molecule has 2 bridgehead atoms. The van der Waals surface area contributed by atoms with Crippen molar-refractivity contribution in [2.45, 2.75) is 236 Å². The monoisotopic (exact) mass is 1210 g/mol. The summed E-state index contributed by atoms with van der Waals surface area (Å²) < 4.78 is 79.6. The van der Waals surface area contributed by atoms with Crippen molar-refractivity contribution in [2.24, 2.45) is 23.7 Å². The van der Waals surface area contributed by atoms with Crippen LogP contribution in [0.4, 0.5) is 4.79 Å². The van der Waals surface area contributed by atoms with Crippen LogP contribution in [0, 0.1) is 23.7 Å². The molecule has 2 N–H and O–H groups in total. The first-order chi connectivity index (χ1) is 40.9. The van der Waals surface area contributed by atoms with Crippen LogP contribution in [0.1, 0.15) is 132 Å². The Morgan fingerprint density at radius 1 is 0.837 bits per heavy atom. The Bertz CT molecular complexity index is 2850. The van der Waals surface area contributed by atoms with Gasteiger partial charge >= 0.3 is 12.1 Å².